The predicted octanol–water partition coefficient (Wildman–Crippen LogP) is 1.98. The van der Waals surface area contributed by atoms with Crippen molar-refractivity contribution >= 4 is 5.96 Å². The SMILES string of the molecule is CC(C)NC(N)=NCC1C(C)(C)C1(C)C. The van der Waals surface area contributed by atoms with Crippen molar-refractivity contribution in [2.24, 2.45) is 27.5 Å². The van der Waals surface area contributed by atoms with Crippen molar-refractivity contribution in [3.63, 3.8) is 0 Å². The smallest absolute Gasteiger partial charge is 0.188 e. The van der Waals surface area contributed by atoms with Gasteiger partial charge in [0.2, 0.25) is 0 Å². The highest BCUT2D eigenvalue weighted by molar-refractivity contribution is 5.78. The van der Waals surface area contributed by atoms with Crippen molar-refractivity contribution in [1.82, 2.24) is 5.32 Å². The Morgan fingerprint density at radius 1 is 1.27 bits per heavy atom. The molecule has 0 saturated heterocycles. The monoisotopic (exact) mass is 211 g/mol. The van der Waals surface area contributed by atoms with E-state index in [2.05, 4.69) is 51.9 Å². The van der Waals surface area contributed by atoms with Crippen LogP contribution in [0, 0.1) is 16.7 Å². The second-order valence-electron chi connectivity index (χ2n) is 6.02. The van der Waals surface area contributed by atoms with Crippen LogP contribution < -0.4 is 11.1 Å². The molecule has 0 unspecified atom stereocenters. The molecule has 0 radical (unpaired) electrons. The average molecular weight is 211 g/mol. The molecule has 0 aromatic heterocycles. The maximum absolute atomic E-state index is 5.77. The number of aliphatic imine (C=N–C) groups is 1. The van der Waals surface area contributed by atoms with Crippen LogP contribution in [-0.4, -0.2) is 18.5 Å². The summed E-state index contributed by atoms with van der Waals surface area (Å²) < 4.78 is 0. The molecule has 3 N–H and O–H groups in total. The molecule has 0 spiro atoms. The zero-order valence-corrected chi connectivity index (χ0v) is 10.9. The summed E-state index contributed by atoms with van der Waals surface area (Å²) in [6.45, 7) is 14.2. The van der Waals surface area contributed by atoms with Gasteiger partial charge in [-0.15, -0.1) is 0 Å². The third kappa shape index (κ3) is 2.27. The summed E-state index contributed by atoms with van der Waals surface area (Å²) in [5, 5.41) is 3.11. The van der Waals surface area contributed by atoms with E-state index < -0.39 is 0 Å². The van der Waals surface area contributed by atoms with Gasteiger partial charge >= 0.3 is 0 Å². The molecule has 0 amide bonds. The molecule has 0 atom stereocenters. The molecule has 3 nitrogen and oxygen atoms in total. The molecule has 1 aliphatic rings. The van der Waals surface area contributed by atoms with Crippen LogP contribution in [0.5, 0.6) is 0 Å². The van der Waals surface area contributed by atoms with Gasteiger partial charge in [-0.25, -0.2) is 0 Å². The maximum Gasteiger partial charge on any atom is 0.188 e. The minimum Gasteiger partial charge on any atom is -0.370 e. The van der Waals surface area contributed by atoms with E-state index >= 15 is 0 Å². The molecule has 0 heterocycles. The number of nitrogens with one attached hydrogen (secondary N) is 1. The van der Waals surface area contributed by atoms with Gasteiger partial charge in [-0.05, 0) is 30.6 Å². The number of guanidine groups is 1. The van der Waals surface area contributed by atoms with E-state index in [1.165, 1.54) is 0 Å². The Morgan fingerprint density at radius 3 is 2.07 bits per heavy atom. The third-order valence-corrected chi connectivity index (χ3v) is 4.20. The predicted molar refractivity (Wildman–Crippen MR) is 65.8 cm³/mol. The van der Waals surface area contributed by atoms with E-state index in [1.54, 1.807) is 0 Å². The van der Waals surface area contributed by atoms with Crippen LogP contribution in [0.1, 0.15) is 41.5 Å². The highest BCUT2D eigenvalue weighted by Gasteiger charge is 2.64. The number of hydrogen-bond donors (Lipinski definition) is 2. The minimum atomic E-state index is 0.356. The molecule has 1 aliphatic carbocycles. The first-order valence-electron chi connectivity index (χ1n) is 5.76. The zero-order valence-electron chi connectivity index (χ0n) is 10.9. The topological polar surface area (TPSA) is 50.4 Å². The average Bonchev–Trinajstić information content (AvgIpc) is 2.38. The lowest BCUT2D eigenvalue weighted by atomic mass is 10.0. The quantitative estimate of drug-likeness (QED) is 0.554. The van der Waals surface area contributed by atoms with Crippen molar-refractivity contribution in [2.75, 3.05) is 6.54 Å². The minimum absolute atomic E-state index is 0.356. The second kappa shape index (κ2) is 3.69. The molecule has 0 bridgehead atoms. The summed E-state index contributed by atoms with van der Waals surface area (Å²) in [6, 6.07) is 0.356. The highest BCUT2D eigenvalue weighted by atomic mass is 15.1. The summed E-state index contributed by atoms with van der Waals surface area (Å²) in [5.41, 5.74) is 6.56. The maximum atomic E-state index is 5.77. The van der Waals surface area contributed by atoms with Crippen LogP contribution in [0.2, 0.25) is 0 Å². The van der Waals surface area contributed by atoms with Gasteiger partial charge in [0, 0.05) is 12.6 Å². The van der Waals surface area contributed by atoms with Crippen molar-refractivity contribution in [2.45, 2.75) is 47.6 Å². The van der Waals surface area contributed by atoms with Crippen molar-refractivity contribution in [1.29, 1.82) is 0 Å². The van der Waals surface area contributed by atoms with Crippen molar-refractivity contribution < 1.29 is 0 Å². The highest BCUT2D eigenvalue weighted by Crippen LogP contribution is 2.68. The number of nitrogens with two attached hydrogens (primary N) is 1. The fraction of sp³-hybridized carbons (Fsp3) is 0.917. The van der Waals surface area contributed by atoms with Crippen LogP contribution in [0.25, 0.3) is 0 Å². The Bertz CT molecular complexity index is 250. The van der Waals surface area contributed by atoms with Crippen LogP contribution in [-0.2, 0) is 0 Å². The molecule has 1 rings (SSSR count). The first-order valence-corrected chi connectivity index (χ1v) is 5.76. The van der Waals surface area contributed by atoms with Gasteiger partial charge in [0.1, 0.15) is 0 Å². The van der Waals surface area contributed by atoms with Crippen LogP contribution >= 0.6 is 0 Å². The van der Waals surface area contributed by atoms with Crippen LogP contribution in [0.3, 0.4) is 0 Å². The Kier molecular flexibility index (Phi) is 3.04. The van der Waals surface area contributed by atoms with Gasteiger partial charge in [0.15, 0.2) is 5.96 Å². The molecule has 15 heavy (non-hydrogen) atoms. The number of rotatable bonds is 3. The molecule has 1 fully saturated rings. The fourth-order valence-electron chi connectivity index (χ4n) is 2.32. The number of nitrogens with zero attached hydrogens (tertiary/aromatic N) is 1. The van der Waals surface area contributed by atoms with E-state index in [4.69, 9.17) is 5.73 Å². The van der Waals surface area contributed by atoms with E-state index in [-0.39, 0.29) is 0 Å². The standard InChI is InChI=1S/C12H25N3/c1-8(2)15-10(13)14-7-9-11(3,4)12(9,5)6/h8-9H,7H2,1-6H3,(H3,13,14,15). The van der Waals surface area contributed by atoms with E-state index in [9.17, 15) is 0 Å². The van der Waals surface area contributed by atoms with E-state index in [0.29, 0.717) is 28.7 Å². The van der Waals surface area contributed by atoms with Gasteiger partial charge in [-0.3, -0.25) is 4.99 Å². The summed E-state index contributed by atoms with van der Waals surface area (Å²) in [7, 11) is 0. The summed E-state index contributed by atoms with van der Waals surface area (Å²) in [5.74, 6) is 1.22. The molecule has 0 aromatic carbocycles. The molecule has 3 heteroatoms. The molecule has 1 saturated carbocycles. The van der Waals surface area contributed by atoms with Crippen molar-refractivity contribution in [3.05, 3.63) is 0 Å². The lowest BCUT2D eigenvalue weighted by Gasteiger charge is -2.08. The second-order valence-corrected chi connectivity index (χ2v) is 6.02. The van der Waals surface area contributed by atoms with Crippen molar-refractivity contribution in [3.8, 4) is 0 Å². The molecule has 0 aliphatic heterocycles. The molecular formula is C12H25N3. The largest absolute Gasteiger partial charge is 0.370 e. The molecular weight excluding hydrogens is 186 g/mol. The van der Waals surface area contributed by atoms with E-state index in [0.717, 1.165) is 6.54 Å². The number of hydrogen-bond acceptors (Lipinski definition) is 1. The van der Waals surface area contributed by atoms with E-state index in [1.807, 2.05) is 0 Å². The fourth-order valence-corrected chi connectivity index (χ4v) is 2.32. The Morgan fingerprint density at radius 2 is 1.73 bits per heavy atom. The van der Waals surface area contributed by atoms with Gasteiger partial charge in [0.25, 0.3) is 0 Å². The first-order chi connectivity index (χ1) is 6.69. The van der Waals surface area contributed by atoms with Gasteiger partial charge in [-0.1, -0.05) is 27.7 Å². The third-order valence-electron chi connectivity index (χ3n) is 4.20. The van der Waals surface area contributed by atoms with Gasteiger partial charge in [0.05, 0.1) is 0 Å². The Labute approximate surface area is 93.5 Å². The lowest BCUT2D eigenvalue weighted by Crippen LogP contribution is -2.37. The summed E-state index contributed by atoms with van der Waals surface area (Å²) in [4.78, 5) is 4.40. The molecule has 88 valence electrons. The van der Waals surface area contributed by atoms with Crippen LogP contribution in [0.15, 0.2) is 4.99 Å². The van der Waals surface area contributed by atoms with Crippen LogP contribution in [0.4, 0.5) is 0 Å². The lowest BCUT2D eigenvalue weighted by molar-refractivity contribution is 0.457. The molecule has 0 aromatic rings. The van der Waals surface area contributed by atoms with Gasteiger partial charge < -0.3 is 11.1 Å². The summed E-state index contributed by atoms with van der Waals surface area (Å²) >= 11 is 0. The Hall–Kier alpha value is -0.730. The van der Waals surface area contributed by atoms with Gasteiger partial charge in [-0.2, -0.15) is 0 Å². The summed E-state index contributed by atoms with van der Waals surface area (Å²) in [6.07, 6.45) is 0. The Balaban J connectivity index is 2.46. The first kappa shape index (κ1) is 12.3. The normalized spacial score (nSPS) is 24.3. The zero-order chi connectivity index (χ0) is 11.9.